The molecule has 3 atom stereocenters. The van der Waals surface area contributed by atoms with E-state index in [4.69, 9.17) is 0 Å². The van der Waals surface area contributed by atoms with E-state index in [1.165, 1.54) is 39.8 Å². The van der Waals surface area contributed by atoms with Gasteiger partial charge in [0.1, 0.15) is 0 Å². The summed E-state index contributed by atoms with van der Waals surface area (Å²) in [6, 6.07) is 19.4. The molecule has 2 aromatic carbocycles. The zero-order chi connectivity index (χ0) is 39.0. The van der Waals surface area contributed by atoms with Crippen molar-refractivity contribution in [3.8, 4) is 0 Å². The number of anilines is 2. The Balaban J connectivity index is 0.000000208. The van der Waals surface area contributed by atoms with Crippen molar-refractivity contribution < 1.29 is 19.8 Å². The molecule has 282 valence electrons. The lowest BCUT2D eigenvalue weighted by atomic mass is 9.74. The molecule has 2 aromatic heterocycles. The van der Waals surface area contributed by atoms with Crippen molar-refractivity contribution >= 4 is 34.3 Å². The predicted molar refractivity (Wildman–Crippen MR) is 219 cm³/mol. The van der Waals surface area contributed by atoms with Gasteiger partial charge in [0, 0.05) is 47.3 Å². The number of aliphatic hydroxyl groups excluding tert-OH is 1. The summed E-state index contributed by atoms with van der Waals surface area (Å²) in [5, 5.41) is 25.8. The number of benzene rings is 2. The largest absolute Gasteiger partial charge is 0.393 e. The van der Waals surface area contributed by atoms with Gasteiger partial charge < -0.3 is 20.8 Å². The molecule has 0 saturated heterocycles. The van der Waals surface area contributed by atoms with Crippen molar-refractivity contribution in [1.29, 1.82) is 0 Å². The molecule has 0 aliphatic heterocycles. The molecule has 54 heavy (non-hydrogen) atoms. The van der Waals surface area contributed by atoms with Crippen LogP contribution in [0.3, 0.4) is 0 Å². The second kappa shape index (κ2) is 17.8. The Kier molecular flexibility index (Phi) is 13.2. The molecule has 8 nitrogen and oxygen atoms in total. The highest BCUT2D eigenvalue weighted by Gasteiger charge is 2.34. The SMILES string of the molecule is C=C(C)[C@H]1CCC(C)=C(c2ccc(NC(=O)c3ccncc3C)cc2)C1.CC1=C(c2ccc(NC(=O)c3ccncc3C)cc2)C[C@@H](C(C)(O)CO)CC1. The van der Waals surface area contributed by atoms with Crippen LogP contribution in [-0.2, 0) is 0 Å². The molecule has 6 rings (SSSR count). The molecular weight excluding hydrogens is 673 g/mol. The molecule has 0 bridgehead atoms. The molecule has 1 unspecified atom stereocenters. The number of pyridine rings is 2. The maximum Gasteiger partial charge on any atom is 0.256 e. The van der Waals surface area contributed by atoms with Gasteiger partial charge in [-0.3, -0.25) is 19.6 Å². The minimum absolute atomic E-state index is 0.0326. The molecule has 0 spiro atoms. The fourth-order valence-corrected chi connectivity index (χ4v) is 7.30. The fourth-order valence-electron chi connectivity index (χ4n) is 7.30. The monoisotopic (exact) mass is 726 g/mol. The van der Waals surface area contributed by atoms with Gasteiger partial charge in [-0.25, -0.2) is 0 Å². The van der Waals surface area contributed by atoms with E-state index in [-0.39, 0.29) is 24.3 Å². The van der Waals surface area contributed by atoms with E-state index >= 15 is 0 Å². The standard InChI is InChI=1S/C23H28N2O3.C23H26N2O/c1-15-4-7-18(23(3,28)14-26)12-21(15)17-5-8-19(9-6-17)25-22(27)20-10-11-24-13-16(20)2;1-15(2)19-6-5-16(3)22(13-19)18-7-9-20(10-8-18)25-23(26)21-11-12-24-14-17(21)4/h5-6,8-11,13,18,26,28H,4,7,12,14H2,1-3H3,(H,25,27);7-12,14,19H,1,5-6,13H2,2-4H3,(H,25,26)/t18-,23?;19-/m00/s1. The van der Waals surface area contributed by atoms with Crippen molar-refractivity contribution in [2.75, 3.05) is 17.2 Å². The maximum absolute atomic E-state index is 12.5. The lowest BCUT2D eigenvalue weighted by molar-refractivity contribution is -0.0487. The number of carbonyl (C=O) groups excluding carboxylic acids is 2. The van der Waals surface area contributed by atoms with Gasteiger partial charge in [-0.05, 0) is 162 Å². The van der Waals surface area contributed by atoms with Crippen LogP contribution in [0.1, 0.15) is 109 Å². The number of aliphatic hydroxyl groups is 2. The second-order valence-corrected chi connectivity index (χ2v) is 15.2. The van der Waals surface area contributed by atoms with E-state index in [9.17, 15) is 19.8 Å². The van der Waals surface area contributed by atoms with E-state index in [0.717, 1.165) is 60.2 Å². The van der Waals surface area contributed by atoms with Gasteiger partial charge in [0.2, 0.25) is 0 Å². The summed E-state index contributed by atoms with van der Waals surface area (Å²) in [5.41, 5.74) is 12.5. The number of hydrogen-bond acceptors (Lipinski definition) is 6. The number of nitrogens with zero attached hydrogens (tertiary/aromatic N) is 2. The van der Waals surface area contributed by atoms with Gasteiger partial charge in [-0.1, -0.05) is 47.6 Å². The van der Waals surface area contributed by atoms with E-state index in [2.05, 4.69) is 60.1 Å². The number of aryl methyl sites for hydroxylation is 2. The van der Waals surface area contributed by atoms with Crippen LogP contribution in [0.2, 0.25) is 0 Å². The van der Waals surface area contributed by atoms with E-state index in [1.807, 2.05) is 50.2 Å². The third kappa shape index (κ3) is 9.87. The summed E-state index contributed by atoms with van der Waals surface area (Å²) in [4.78, 5) is 32.9. The number of nitrogens with one attached hydrogen (secondary N) is 2. The lowest BCUT2D eigenvalue weighted by Crippen LogP contribution is -2.39. The van der Waals surface area contributed by atoms with Crippen LogP contribution in [0.15, 0.2) is 109 Å². The van der Waals surface area contributed by atoms with Crippen molar-refractivity contribution in [2.45, 2.75) is 85.7 Å². The third-order valence-electron chi connectivity index (χ3n) is 11.1. The molecule has 0 saturated carbocycles. The summed E-state index contributed by atoms with van der Waals surface area (Å²) in [7, 11) is 0. The average molecular weight is 727 g/mol. The number of carbonyl (C=O) groups is 2. The molecule has 2 heterocycles. The van der Waals surface area contributed by atoms with E-state index in [0.29, 0.717) is 17.0 Å². The molecule has 2 aliphatic rings. The highest BCUT2D eigenvalue weighted by atomic mass is 16.3. The normalized spacial score (nSPS) is 18.2. The summed E-state index contributed by atoms with van der Waals surface area (Å²) >= 11 is 0. The first-order valence-electron chi connectivity index (χ1n) is 18.8. The fraction of sp³-hybridized carbons (Fsp3) is 0.348. The van der Waals surface area contributed by atoms with Crippen LogP contribution in [-0.4, -0.2) is 44.2 Å². The first-order chi connectivity index (χ1) is 25.8. The zero-order valence-electron chi connectivity index (χ0n) is 32.5. The Morgan fingerprint density at radius 3 is 1.61 bits per heavy atom. The summed E-state index contributed by atoms with van der Waals surface area (Å²) in [6.07, 6.45) is 12.5. The quantitative estimate of drug-likeness (QED) is 0.127. The maximum atomic E-state index is 12.5. The second-order valence-electron chi connectivity index (χ2n) is 15.2. The molecule has 2 aliphatic carbocycles. The van der Waals surface area contributed by atoms with Crippen LogP contribution in [0.5, 0.6) is 0 Å². The number of aromatic nitrogens is 2. The van der Waals surface area contributed by atoms with Crippen molar-refractivity contribution in [3.63, 3.8) is 0 Å². The van der Waals surface area contributed by atoms with E-state index < -0.39 is 5.60 Å². The minimum atomic E-state index is -1.07. The first-order valence-corrected chi connectivity index (χ1v) is 18.8. The number of amides is 2. The Hall–Kier alpha value is -5.18. The van der Waals surface area contributed by atoms with Crippen LogP contribution >= 0.6 is 0 Å². The summed E-state index contributed by atoms with van der Waals surface area (Å²) < 4.78 is 0. The lowest BCUT2D eigenvalue weighted by Gasteiger charge is -2.36. The molecule has 2 amide bonds. The van der Waals surface area contributed by atoms with Gasteiger partial charge in [0.15, 0.2) is 0 Å². The van der Waals surface area contributed by atoms with Gasteiger partial charge >= 0.3 is 0 Å². The Morgan fingerprint density at radius 1 is 0.741 bits per heavy atom. The minimum Gasteiger partial charge on any atom is -0.393 e. The smallest absolute Gasteiger partial charge is 0.256 e. The molecule has 0 radical (unpaired) electrons. The van der Waals surface area contributed by atoms with Crippen molar-refractivity contribution in [1.82, 2.24) is 9.97 Å². The number of allylic oxidation sites excluding steroid dienone is 5. The van der Waals surface area contributed by atoms with Gasteiger partial charge in [0.05, 0.1) is 12.2 Å². The van der Waals surface area contributed by atoms with Crippen LogP contribution < -0.4 is 10.6 Å². The van der Waals surface area contributed by atoms with Gasteiger partial charge in [0.25, 0.3) is 11.8 Å². The van der Waals surface area contributed by atoms with Crippen LogP contribution in [0.4, 0.5) is 11.4 Å². The number of rotatable bonds is 9. The predicted octanol–water partition coefficient (Wildman–Crippen LogP) is 9.75. The van der Waals surface area contributed by atoms with Gasteiger partial charge in [-0.15, -0.1) is 0 Å². The van der Waals surface area contributed by atoms with Crippen molar-refractivity contribution in [3.05, 3.63) is 142 Å². The van der Waals surface area contributed by atoms with Gasteiger partial charge in [-0.2, -0.15) is 0 Å². The number of hydrogen-bond donors (Lipinski definition) is 4. The average Bonchev–Trinajstić information content (AvgIpc) is 3.16. The van der Waals surface area contributed by atoms with Crippen LogP contribution in [0.25, 0.3) is 11.1 Å². The molecule has 4 N–H and O–H groups in total. The topological polar surface area (TPSA) is 124 Å². The Bertz CT molecular complexity index is 2040. The van der Waals surface area contributed by atoms with Crippen molar-refractivity contribution in [2.24, 2.45) is 11.8 Å². The van der Waals surface area contributed by atoms with Crippen LogP contribution in [0, 0.1) is 25.7 Å². The third-order valence-corrected chi connectivity index (χ3v) is 11.1. The molecule has 4 aromatic rings. The molecule has 8 heteroatoms. The Morgan fingerprint density at radius 2 is 1.19 bits per heavy atom. The highest BCUT2D eigenvalue weighted by Crippen LogP contribution is 2.41. The molecular formula is C46H54N4O4. The Labute approximate surface area is 320 Å². The zero-order valence-corrected chi connectivity index (χ0v) is 32.5. The summed E-state index contributed by atoms with van der Waals surface area (Å²) in [6.45, 7) is 15.8. The highest BCUT2D eigenvalue weighted by molar-refractivity contribution is 6.05. The molecule has 0 fully saturated rings. The summed E-state index contributed by atoms with van der Waals surface area (Å²) in [5.74, 6) is 0.348. The van der Waals surface area contributed by atoms with E-state index in [1.54, 1.807) is 43.8 Å². The first kappa shape index (κ1) is 40.0.